The first kappa shape index (κ1) is 42.3. The lowest BCUT2D eigenvalue weighted by Gasteiger charge is -2.26. The molecule has 0 radical (unpaired) electrons. The third-order valence-corrected chi connectivity index (χ3v) is 10.0. The maximum Gasteiger partial charge on any atom is 0.330 e. The van der Waals surface area contributed by atoms with Gasteiger partial charge < -0.3 is 34.6 Å². The van der Waals surface area contributed by atoms with Crippen LogP contribution in [0.25, 0.3) is 0 Å². The molecule has 1 aromatic carbocycles. The molecule has 1 aromatic heterocycles. The summed E-state index contributed by atoms with van der Waals surface area (Å²) in [4.78, 5) is 14.8. The van der Waals surface area contributed by atoms with Gasteiger partial charge in [0.15, 0.2) is 5.60 Å². The Balaban J connectivity index is 1.43. The van der Waals surface area contributed by atoms with Crippen LogP contribution in [0.3, 0.4) is 0 Å². The van der Waals surface area contributed by atoms with Gasteiger partial charge in [0.05, 0.1) is 37.6 Å². The van der Waals surface area contributed by atoms with Crippen molar-refractivity contribution in [3.05, 3.63) is 58.7 Å². The van der Waals surface area contributed by atoms with E-state index in [1.54, 1.807) is 6.07 Å². The van der Waals surface area contributed by atoms with Crippen LogP contribution >= 0.6 is 8.60 Å². The minimum absolute atomic E-state index is 0.0541. The first-order valence-electron chi connectivity index (χ1n) is 18.6. The topological polar surface area (TPSA) is 160 Å². The van der Waals surface area contributed by atoms with E-state index in [0.29, 0.717) is 37.3 Å². The molecule has 2 aromatic rings. The van der Waals surface area contributed by atoms with E-state index >= 15 is 0 Å². The molecule has 0 spiro atoms. The molecule has 0 saturated carbocycles. The molecule has 3 atom stereocenters. The number of aromatic nitrogens is 1. The molecule has 0 bridgehead atoms. The number of hydrogen-bond acceptors (Lipinski definition) is 10. The molecular weight excluding hydrogens is 670 g/mol. The molecule has 0 aliphatic carbocycles. The number of ether oxygens (including phenoxy) is 2. The van der Waals surface area contributed by atoms with Gasteiger partial charge in [0.2, 0.25) is 0 Å². The van der Waals surface area contributed by atoms with Gasteiger partial charge in [-0.3, -0.25) is 4.68 Å². The molecule has 3 rings (SSSR count). The van der Waals surface area contributed by atoms with Crippen LogP contribution in [-0.4, -0.2) is 54.1 Å². The number of benzene rings is 1. The summed E-state index contributed by atoms with van der Waals surface area (Å²) < 4.78 is 38.9. The van der Waals surface area contributed by atoms with Gasteiger partial charge in [-0.1, -0.05) is 96.8 Å². The molecule has 11 nitrogen and oxygen atoms in total. The van der Waals surface area contributed by atoms with E-state index in [4.69, 9.17) is 24.3 Å². The summed E-state index contributed by atoms with van der Waals surface area (Å²) in [6, 6.07) is 12.1. The Bertz CT molecular complexity index is 1410. The number of rotatable bonds is 28. The molecule has 0 saturated heterocycles. The van der Waals surface area contributed by atoms with Crippen LogP contribution in [-0.2, 0) is 31.5 Å². The summed E-state index contributed by atoms with van der Waals surface area (Å²) in [5.41, 5.74) is 10.3. The van der Waals surface area contributed by atoms with Gasteiger partial charge in [0.1, 0.15) is 30.1 Å². The number of nitrogens with one attached hydrogen (secondary N) is 1. The number of amidine groups is 1. The molecule has 13 heteroatoms. The van der Waals surface area contributed by atoms with Crippen LogP contribution in [0.15, 0.2) is 35.3 Å². The number of fused-ring (bicyclic) bond motifs is 1. The van der Waals surface area contributed by atoms with Crippen molar-refractivity contribution in [3.8, 4) is 12.1 Å². The lowest BCUT2D eigenvalue weighted by Crippen LogP contribution is -2.36. The predicted octanol–water partition coefficient (Wildman–Crippen LogP) is 8.27. The summed E-state index contributed by atoms with van der Waals surface area (Å²) in [5, 5.41) is 19.2. The first-order chi connectivity index (χ1) is 24.8. The van der Waals surface area contributed by atoms with Crippen molar-refractivity contribution >= 4 is 14.4 Å². The van der Waals surface area contributed by atoms with Gasteiger partial charge in [-0.2, -0.15) is 10.5 Å². The molecule has 4 N–H and O–H groups in total. The molecule has 1 aliphatic heterocycles. The number of halogens is 1. The SMILES string of the molecule is CCCCCCCCCCCCCCCCC(COP(O)OCC(C#N)(CCc1ccc2n1NCN=C2N)OC)OCc1cc(F)cc(C#N)c1. The highest BCUT2D eigenvalue weighted by Crippen LogP contribution is 2.36. The minimum Gasteiger partial charge on any atom is -0.382 e. The normalized spacial score (nSPS) is 14.8. The van der Waals surface area contributed by atoms with Crippen molar-refractivity contribution < 1.29 is 27.8 Å². The average molecular weight is 729 g/mol. The van der Waals surface area contributed by atoms with Crippen molar-refractivity contribution in [2.75, 3.05) is 32.4 Å². The van der Waals surface area contributed by atoms with E-state index in [1.807, 2.05) is 22.9 Å². The van der Waals surface area contributed by atoms with Crippen molar-refractivity contribution in [2.24, 2.45) is 10.7 Å². The monoisotopic (exact) mass is 728 g/mol. The Morgan fingerprint density at radius 3 is 2.29 bits per heavy atom. The highest BCUT2D eigenvalue weighted by Gasteiger charge is 2.33. The van der Waals surface area contributed by atoms with Crippen LogP contribution in [0.4, 0.5) is 4.39 Å². The number of hydrogen-bond donors (Lipinski definition) is 3. The van der Waals surface area contributed by atoms with Gasteiger partial charge in [-0.05, 0) is 55.2 Å². The Morgan fingerprint density at radius 1 is 1.00 bits per heavy atom. The fourth-order valence-electron chi connectivity index (χ4n) is 6.17. The summed E-state index contributed by atoms with van der Waals surface area (Å²) >= 11 is 0. The van der Waals surface area contributed by atoms with Gasteiger partial charge >= 0.3 is 8.60 Å². The highest BCUT2D eigenvalue weighted by atomic mass is 31.2. The lowest BCUT2D eigenvalue weighted by atomic mass is 9.99. The van der Waals surface area contributed by atoms with Gasteiger partial charge in [-0.25, -0.2) is 9.38 Å². The van der Waals surface area contributed by atoms with E-state index in [2.05, 4.69) is 23.4 Å². The number of methoxy groups -OCH3 is 1. The molecule has 3 unspecified atom stereocenters. The smallest absolute Gasteiger partial charge is 0.330 e. The van der Waals surface area contributed by atoms with Crippen LogP contribution in [0, 0.1) is 28.5 Å². The van der Waals surface area contributed by atoms with E-state index in [-0.39, 0.29) is 31.5 Å². The molecule has 0 fully saturated rings. The highest BCUT2D eigenvalue weighted by molar-refractivity contribution is 7.40. The third kappa shape index (κ3) is 15.6. The second-order valence-corrected chi connectivity index (χ2v) is 14.3. The largest absolute Gasteiger partial charge is 0.382 e. The van der Waals surface area contributed by atoms with Gasteiger partial charge in [0, 0.05) is 12.8 Å². The van der Waals surface area contributed by atoms with Gasteiger partial charge in [0.25, 0.3) is 0 Å². The van der Waals surface area contributed by atoms with Crippen molar-refractivity contribution in [1.82, 2.24) is 4.68 Å². The summed E-state index contributed by atoms with van der Waals surface area (Å²) in [6.45, 7) is 2.57. The van der Waals surface area contributed by atoms with Crippen LogP contribution < -0.4 is 11.2 Å². The second-order valence-electron chi connectivity index (χ2n) is 13.3. The van der Waals surface area contributed by atoms with Crippen LogP contribution in [0.2, 0.25) is 0 Å². The summed E-state index contributed by atoms with van der Waals surface area (Å²) in [7, 11) is -0.900. The van der Waals surface area contributed by atoms with Crippen LogP contribution in [0.5, 0.6) is 0 Å². The van der Waals surface area contributed by atoms with Gasteiger partial charge in [-0.15, -0.1) is 0 Å². The molecule has 0 amide bonds. The third-order valence-electron chi connectivity index (χ3n) is 9.31. The number of unbranched alkanes of at least 4 members (excludes halogenated alkanes) is 13. The Kier molecular flexibility index (Phi) is 20.1. The van der Waals surface area contributed by atoms with Crippen LogP contribution in [0.1, 0.15) is 132 Å². The van der Waals surface area contributed by atoms with E-state index in [0.717, 1.165) is 30.7 Å². The molecule has 2 heterocycles. The fraction of sp³-hybridized carbons (Fsp3) is 0.658. The lowest BCUT2D eigenvalue weighted by molar-refractivity contribution is -0.0212. The zero-order chi connectivity index (χ0) is 36.7. The zero-order valence-corrected chi connectivity index (χ0v) is 31.5. The molecule has 1 aliphatic rings. The minimum atomic E-state index is -2.34. The van der Waals surface area contributed by atoms with E-state index in [1.165, 1.54) is 89.9 Å². The quantitative estimate of drug-likeness (QED) is 0.0579. The molecule has 282 valence electrons. The maximum absolute atomic E-state index is 14.0. The predicted molar refractivity (Wildman–Crippen MR) is 199 cm³/mol. The van der Waals surface area contributed by atoms with Crippen molar-refractivity contribution in [2.45, 2.75) is 134 Å². The second kappa shape index (κ2) is 24.2. The Morgan fingerprint density at radius 2 is 1.67 bits per heavy atom. The maximum atomic E-state index is 14.0. The number of aliphatic imine (C=N–C) groups is 1. The fourth-order valence-corrected chi connectivity index (χ4v) is 6.85. The number of nitriles is 2. The van der Waals surface area contributed by atoms with Crippen molar-refractivity contribution in [1.29, 1.82) is 10.5 Å². The number of nitrogens with two attached hydrogens (primary N) is 1. The first-order valence-corrected chi connectivity index (χ1v) is 19.7. The van der Waals surface area contributed by atoms with Crippen molar-refractivity contribution in [3.63, 3.8) is 0 Å². The summed E-state index contributed by atoms with van der Waals surface area (Å²) in [6.07, 6.45) is 18.7. The summed E-state index contributed by atoms with van der Waals surface area (Å²) in [5.74, 6) is -0.0518. The standard InChI is InChI=1S/C38H58FN6O5P/c1-3-4-5-6-7-8-9-10-11-12-13-14-15-16-17-35(48-26-32-22-31(25-40)23-33(39)24-32)27-49-51(46)50-29-38(28-41,47-2)21-20-34-18-19-36-37(42)43-30-44-45(34)36/h18-19,22-24,35,44,46H,3-17,20-21,26-27,29-30H2,1-2H3,(H2,42,43). The zero-order valence-electron chi connectivity index (χ0n) is 30.6. The number of nitrogens with zero attached hydrogens (tertiary/aromatic N) is 4. The Labute approximate surface area is 305 Å². The molecular formula is C38H58FN6O5P. The molecule has 51 heavy (non-hydrogen) atoms. The van der Waals surface area contributed by atoms with E-state index < -0.39 is 20.0 Å². The number of aryl methyl sites for hydroxylation is 1. The van der Waals surface area contributed by atoms with E-state index in [9.17, 15) is 19.8 Å². The average Bonchev–Trinajstić information content (AvgIpc) is 3.57. The Hall–Kier alpha value is -3.09.